The first-order valence-corrected chi connectivity index (χ1v) is 5.79. The maximum atomic E-state index is 6.02. The molecule has 3 rings (SSSR count). The Morgan fingerprint density at radius 1 is 1.29 bits per heavy atom. The average Bonchev–Trinajstić information content (AvgIpc) is 2.83. The second-order valence-electron chi connectivity index (χ2n) is 4.53. The van der Waals surface area contributed by atoms with Gasteiger partial charge in [-0.15, -0.1) is 10.2 Å². The minimum absolute atomic E-state index is 0.564. The monoisotopic (exact) mass is 211 g/mol. The van der Waals surface area contributed by atoms with E-state index in [1.807, 2.05) is 0 Å². The molecule has 0 N–H and O–H groups in total. The van der Waals surface area contributed by atoms with E-state index >= 15 is 0 Å². The average molecular weight is 212 g/mol. The molecule has 0 radical (unpaired) electrons. The lowest BCUT2D eigenvalue weighted by molar-refractivity contribution is 0.187. The summed E-state index contributed by atoms with van der Waals surface area (Å²) in [6.45, 7) is 0. The van der Waals surface area contributed by atoms with Gasteiger partial charge in [0.25, 0.3) is 0 Å². The second kappa shape index (κ2) is 3.23. The van der Waals surface area contributed by atoms with Crippen LogP contribution >= 0.6 is 11.6 Å². The van der Waals surface area contributed by atoms with E-state index in [1.165, 1.54) is 32.1 Å². The molecule has 1 heterocycles. The summed E-state index contributed by atoms with van der Waals surface area (Å²) < 4.78 is 2.09. The molecule has 76 valence electrons. The molecule has 4 heteroatoms. The molecule has 2 aliphatic rings. The highest BCUT2D eigenvalue weighted by molar-refractivity contribution is 6.28. The lowest BCUT2D eigenvalue weighted by Gasteiger charge is -2.34. The Labute approximate surface area is 88.5 Å². The van der Waals surface area contributed by atoms with E-state index in [0.29, 0.717) is 11.3 Å². The van der Waals surface area contributed by atoms with Crippen LogP contribution < -0.4 is 0 Å². The van der Waals surface area contributed by atoms with Crippen molar-refractivity contribution in [2.24, 2.45) is 11.8 Å². The summed E-state index contributed by atoms with van der Waals surface area (Å²) in [7, 11) is 0. The van der Waals surface area contributed by atoms with E-state index in [9.17, 15) is 0 Å². The van der Waals surface area contributed by atoms with Gasteiger partial charge in [0.05, 0.1) is 0 Å². The van der Waals surface area contributed by atoms with Gasteiger partial charge in [-0.25, -0.2) is 0 Å². The first kappa shape index (κ1) is 8.72. The van der Waals surface area contributed by atoms with Gasteiger partial charge in [0.15, 0.2) is 0 Å². The molecule has 1 atom stereocenters. The Morgan fingerprint density at radius 3 is 2.43 bits per heavy atom. The molecular weight excluding hydrogens is 198 g/mol. The number of nitrogens with zero attached hydrogens (tertiary/aromatic N) is 3. The summed E-state index contributed by atoms with van der Waals surface area (Å²) in [5, 5.41) is 8.31. The summed E-state index contributed by atoms with van der Waals surface area (Å²) >= 11 is 6.02. The lowest BCUT2D eigenvalue weighted by Crippen LogP contribution is -2.26. The standard InChI is InChI=1S/C10H14ClN3/c11-10-13-12-6-14(10)9(8-4-5-8)7-2-1-3-7/h6-9H,1-5H2. The van der Waals surface area contributed by atoms with Crippen LogP contribution in [-0.2, 0) is 0 Å². The minimum atomic E-state index is 0.564. The zero-order chi connectivity index (χ0) is 9.54. The zero-order valence-corrected chi connectivity index (χ0v) is 8.82. The maximum absolute atomic E-state index is 6.02. The van der Waals surface area contributed by atoms with Gasteiger partial charge >= 0.3 is 0 Å². The van der Waals surface area contributed by atoms with Gasteiger partial charge in [0, 0.05) is 6.04 Å². The molecule has 2 fully saturated rings. The lowest BCUT2D eigenvalue weighted by atomic mass is 9.78. The van der Waals surface area contributed by atoms with Crippen molar-refractivity contribution in [2.75, 3.05) is 0 Å². The highest BCUT2D eigenvalue weighted by Gasteiger charge is 2.40. The minimum Gasteiger partial charge on any atom is -0.301 e. The third-order valence-electron chi connectivity index (χ3n) is 3.59. The molecular formula is C10H14ClN3. The Balaban J connectivity index is 1.87. The summed E-state index contributed by atoms with van der Waals surface area (Å²) in [6.07, 6.45) is 8.61. The molecule has 2 aliphatic carbocycles. The van der Waals surface area contributed by atoms with Crippen LogP contribution in [0.3, 0.4) is 0 Å². The summed E-state index contributed by atoms with van der Waals surface area (Å²) in [5.74, 6) is 1.67. The van der Waals surface area contributed by atoms with Gasteiger partial charge in [-0.2, -0.15) is 0 Å². The summed E-state index contributed by atoms with van der Waals surface area (Å²) in [4.78, 5) is 0. The van der Waals surface area contributed by atoms with Crippen molar-refractivity contribution in [2.45, 2.75) is 38.1 Å². The Kier molecular flexibility index (Phi) is 2.01. The Hall–Kier alpha value is -0.570. The molecule has 0 amide bonds. The fourth-order valence-corrected chi connectivity index (χ4v) is 2.69. The van der Waals surface area contributed by atoms with Crippen LogP contribution in [0.2, 0.25) is 5.28 Å². The Morgan fingerprint density at radius 2 is 2.00 bits per heavy atom. The van der Waals surface area contributed by atoms with Crippen molar-refractivity contribution >= 4 is 11.6 Å². The topological polar surface area (TPSA) is 30.7 Å². The van der Waals surface area contributed by atoms with Crippen LogP contribution in [0.1, 0.15) is 38.1 Å². The van der Waals surface area contributed by atoms with Crippen LogP contribution in [0.15, 0.2) is 6.33 Å². The molecule has 1 aromatic heterocycles. The van der Waals surface area contributed by atoms with Crippen molar-refractivity contribution < 1.29 is 0 Å². The maximum Gasteiger partial charge on any atom is 0.225 e. The largest absolute Gasteiger partial charge is 0.301 e. The van der Waals surface area contributed by atoms with Gasteiger partial charge < -0.3 is 4.57 Å². The zero-order valence-electron chi connectivity index (χ0n) is 8.06. The molecule has 2 saturated carbocycles. The first-order valence-electron chi connectivity index (χ1n) is 5.41. The molecule has 1 unspecified atom stereocenters. The molecule has 0 aliphatic heterocycles. The second-order valence-corrected chi connectivity index (χ2v) is 4.86. The molecule has 1 aromatic rings. The van der Waals surface area contributed by atoms with Gasteiger partial charge in [-0.1, -0.05) is 6.42 Å². The molecule has 3 nitrogen and oxygen atoms in total. The number of aromatic nitrogens is 3. The third-order valence-corrected chi connectivity index (χ3v) is 3.86. The van der Waals surface area contributed by atoms with Crippen molar-refractivity contribution in [3.8, 4) is 0 Å². The van der Waals surface area contributed by atoms with Crippen LogP contribution in [-0.4, -0.2) is 14.8 Å². The van der Waals surface area contributed by atoms with E-state index in [2.05, 4.69) is 14.8 Å². The highest BCUT2D eigenvalue weighted by Crippen LogP contribution is 2.50. The van der Waals surface area contributed by atoms with Gasteiger partial charge in [-0.3, -0.25) is 0 Å². The van der Waals surface area contributed by atoms with Gasteiger partial charge in [-0.05, 0) is 49.1 Å². The normalized spacial score (nSPS) is 24.6. The Bertz CT molecular complexity index is 328. The summed E-state index contributed by atoms with van der Waals surface area (Å²) in [6, 6.07) is 0.589. The molecule has 14 heavy (non-hydrogen) atoms. The van der Waals surface area contributed by atoms with Crippen molar-refractivity contribution in [1.29, 1.82) is 0 Å². The molecule has 0 aromatic carbocycles. The SMILES string of the molecule is Clc1nncn1C(C1CCC1)C1CC1. The molecule has 0 spiro atoms. The molecule has 0 bridgehead atoms. The van der Waals surface area contributed by atoms with E-state index in [0.717, 1.165) is 11.8 Å². The number of rotatable bonds is 3. The van der Waals surface area contributed by atoms with E-state index in [-0.39, 0.29) is 0 Å². The van der Waals surface area contributed by atoms with Crippen LogP contribution in [0.4, 0.5) is 0 Å². The molecule has 0 saturated heterocycles. The quantitative estimate of drug-likeness (QED) is 0.770. The van der Waals surface area contributed by atoms with Crippen LogP contribution in [0.25, 0.3) is 0 Å². The van der Waals surface area contributed by atoms with E-state index in [1.54, 1.807) is 6.33 Å². The number of hydrogen-bond donors (Lipinski definition) is 0. The predicted octanol–water partition coefficient (Wildman–Crippen LogP) is 2.68. The van der Waals surface area contributed by atoms with Gasteiger partial charge in [0.2, 0.25) is 5.28 Å². The van der Waals surface area contributed by atoms with Crippen molar-refractivity contribution in [3.63, 3.8) is 0 Å². The fraction of sp³-hybridized carbons (Fsp3) is 0.800. The van der Waals surface area contributed by atoms with Crippen LogP contribution in [0.5, 0.6) is 0 Å². The number of hydrogen-bond acceptors (Lipinski definition) is 2. The third kappa shape index (κ3) is 1.34. The predicted molar refractivity (Wildman–Crippen MR) is 54.1 cm³/mol. The first-order chi connectivity index (χ1) is 6.86. The van der Waals surface area contributed by atoms with Crippen molar-refractivity contribution in [3.05, 3.63) is 11.6 Å². The van der Waals surface area contributed by atoms with Crippen LogP contribution in [0, 0.1) is 11.8 Å². The van der Waals surface area contributed by atoms with Gasteiger partial charge in [0.1, 0.15) is 6.33 Å². The van der Waals surface area contributed by atoms with E-state index < -0.39 is 0 Å². The fourth-order valence-electron chi connectivity index (χ4n) is 2.49. The number of halogens is 1. The van der Waals surface area contributed by atoms with E-state index in [4.69, 9.17) is 11.6 Å². The highest BCUT2D eigenvalue weighted by atomic mass is 35.5. The van der Waals surface area contributed by atoms with Crippen molar-refractivity contribution in [1.82, 2.24) is 14.8 Å². The summed E-state index contributed by atoms with van der Waals surface area (Å²) in [5.41, 5.74) is 0. The smallest absolute Gasteiger partial charge is 0.225 e.